The monoisotopic (exact) mass is 242 g/mol. The third kappa shape index (κ3) is 2.13. The van der Waals surface area contributed by atoms with Crippen LogP contribution in [0.2, 0.25) is 0 Å². The fourth-order valence-corrected chi connectivity index (χ4v) is 2.10. The van der Waals surface area contributed by atoms with Gasteiger partial charge in [0.05, 0.1) is 7.11 Å². The second kappa shape index (κ2) is 4.16. The lowest BCUT2D eigenvalue weighted by Crippen LogP contribution is -2.12. The Morgan fingerprint density at radius 2 is 2.17 bits per heavy atom. The van der Waals surface area contributed by atoms with Gasteiger partial charge < -0.3 is 10.1 Å². The number of rotatable bonds is 4. The van der Waals surface area contributed by atoms with E-state index in [0.29, 0.717) is 5.41 Å². The average Bonchev–Trinajstić information content (AvgIpc) is 3.14. The predicted molar refractivity (Wildman–Crippen MR) is 74.1 cm³/mol. The zero-order valence-corrected chi connectivity index (χ0v) is 10.9. The van der Waals surface area contributed by atoms with E-state index in [-0.39, 0.29) is 0 Å². The summed E-state index contributed by atoms with van der Waals surface area (Å²) in [6.07, 6.45) is 4.48. The molecule has 3 heteroatoms. The van der Waals surface area contributed by atoms with Crippen LogP contribution in [0.15, 0.2) is 30.5 Å². The Morgan fingerprint density at radius 1 is 1.33 bits per heavy atom. The molecule has 0 aliphatic heterocycles. The standard InChI is InChI=1S/C15H18N2O/c1-15(6-7-15)10-17-14-13-9-12(18-2)4-3-11(13)5-8-16-14/h3-5,8-9H,6-7,10H2,1-2H3,(H,16,17). The van der Waals surface area contributed by atoms with Gasteiger partial charge in [-0.3, -0.25) is 0 Å². The number of hydrogen-bond acceptors (Lipinski definition) is 3. The molecule has 1 saturated carbocycles. The quantitative estimate of drug-likeness (QED) is 0.891. The third-order valence-corrected chi connectivity index (χ3v) is 3.76. The van der Waals surface area contributed by atoms with Gasteiger partial charge in [-0.1, -0.05) is 13.0 Å². The molecule has 0 unspecified atom stereocenters. The highest BCUT2D eigenvalue weighted by molar-refractivity contribution is 5.92. The molecule has 18 heavy (non-hydrogen) atoms. The summed E-state index contributed by atoms with van der Waals surface area (Å²) in [5.41, 5.74) is 0.475. The normalized spacial score (nSPS) is 16.6. The van der Waals surface area contributed by atoms with Gasteiger partial charge in [-0.2, -0.15) is 0 Å². The lowest BCUT2D eigenvalue weighted by Gasteiger charge is -2.13. The first-order chi connectivity index (χ1) is 8.70. The predicted octanol–water partition coefficient (Wildman–Crippen LogP) is 3.46. The van der Waals surface area contributed by atoms with Crippen LogP contribution < -0.4 is 10.1 Å². The van der Waals surface area contributed by atoms with E-state index in [4.69, 9.17) is 4.74 Å². The Bertz CT molecular complexity index is 576. The molecule has 3 nitrogen and oxygen atoms in total. The number of pyridine rings is 1. The van der Waals surface area contributed by atoms with Crippen molar-refractivity contribution in [2.75, 3.05) is 19.0 Å². The van der Waals surface area contributed by atoms with Crippen molar-refractivity contribution >= 4 is 16.6 Å². The zero-order valence-electron chi connectivity index (χ0n) is 10.9. The first-order valence-electron chi connectivity index (χ1n) is 6.37. The van der Waals surface area contributed by atoms with E-state index < -0.39 is 0 Å². The summed E-state index contributed by atoms with van der Waals surface area (Å²) in [6.45, 7) is 3.31. The molecule has 2 aromatic rings. The van der Waals surface area contributed by atoms with Crippen LogP contribution in [0.25, 0.3) is 10.8 Å². The highest BCUT2D eigenvalue weighted by atomic mass is 16.5. The zero-order chi connectivity index (χ0) is 12.6. The minimum absolute atomic E-state index is 0.475. The molecule has 1 heterocycles. The third-order valence-electron chi connectivity index (χ3n) is 3.76. The van der Waals surface area contributed by atoms with Crippen LogP contribution in [0.4, 0.5) is 5.82 Å². The van der Waals surface area contributed by atoms with Gasteiger partial charge in [0.25, 0.3) is 0 Å². The highest BCUT2D eigenvalue weighted by Crippen LogP contribution is 2.44. The van der Waals surface area contributed by atoms with E-state index in [9.17, 15) is 0 Å². The van der Waals surface area contributed by atoms with Gasteiger partial charge >= 0.3 is 0 Å². The Labute approximate surface area is 107 Å². The van der Waals surface area contributed by atoms with E-state index in [2.05, 4.69) is 23.3 Å². The van der Waals surface area contributed by atoms with Crippen LogP contribution in [0, 0.1) is 5.41 Å². The molecule has 0 saturated heterocycles. The van der Waals surface area contributed by atoms with E-state index >= 15 is 0 Å². The largest absolute Gasteiger partial charge is 0.497 e. The first kappa shape index (κ1) is 11.3. The number of hydrogen-bond donors (Lipinski definition) is 1. The minimum Gasteiger partial charge on any atom is -0.497 e. The lowest BCUT2D eigenvalue weighted by molar-refractivity contribution is 0.415. The van der Waals surface area contributed by atoms with Crippen molar-refractivity contribution in [3.8, 4) is 5.75 Å². The van der Waals surface area contributed by atoms with Gasteiger partial charge in [0, 0.05) is 18.1 Å². The summed E-state index contributed by atoms with van der Waals surface area (Å²) in [5, 5.41) is 5.79. The number of methoxy groups -OCH3 is 1. The van der Waals surface area contributed by atoms with Crippen molar-refractivity contribution in [3.63, 3.8) is 0 Å². The first-order valence-corrected chi connectivity index (χ1v) is 6.37. The lowest BCUT2D eigenvalue weighted by atomic mass is 10.1. The van der Waals surface area contributed by atoms with Gasteiger partial charge in [0.1, 0.15) is 11.6 Å². The van der Waals surface area contributed by atoms with E-state index in [0.717, 1.165) is 23.5 Å². The van der Waals surface area contributed by atoms with Crippen LogP contribution in [0.1, 0.15) is 19.8 Å². The number of nitrogens with zero attached hydrogens (tertiary/aromatic N) is 1. The Hall–Kier alpha value is -1.77. The number of ether oxygens (including phenoxy) is 1. The summed E-state index contributed by atoms with van der Waals surface area (Å²) < 4.78 is 5.28. The number of anilines is 1. The fourth-order valence-electron chi connectivity index (χ4n) is 2.10. The topological polar surface area (TPSA) is 34.1 Å². The van der Waals surface area contributed by atoms with Crippen LogP contribution >= 0.6 is 0 Å². The van der Waals surface area contributed by atoms with Crippen LogP contribution in [0.5, 0.6) is 5.75 Å². The smallest absolute Gasteiger partial charge is 0.133 e. The molecular formula is C15H18N2O. The van der Waals surface area contributed by atoms with Crippen LogP contribution in [-0.4, -0.2) is 18.6 Å². The van der Waals surface area contributed by atoms with Crippen molar-refractivity contribution < 1.29 is 4.74 Å². The molecule has 0 atom stereocenters. The SMILES string of the molecule is COc1ccc2ccnc(NCC3(C)CC3)c2c1. The molecule has 1 aromatic heterocycles. The molecule has 1 fully saturated rings. The summed E-state index contributed by atoms with van der Waals surface area (Å²) in [5.74, 6) is 1.83. The second-order valence-corrected chi connectivity index (χ2v) is 5.41. The van der Waals surface area contributed by atoms with Gasteiger partial charge in [-0.25, -0.2) is 4.98 Å². The molecule has 1 aliphatic carbocycles. The minimum atomic E-state index is 0.475. The van der Waals surface area contributed by atoms with E-state index in [1.54, 1.807) is 7.11 Å². The molecule has 1 N–H and O–H groups in total. The van der Waals surface area contributed by atoms with Crippen molar-refractivity contribution in [1.82, 2.24) is 4.98 Å². The summed E-state index contributed by atoms with van der Waals surface area (Å²) in [7, 11) is 1.69. The molecule has 1 aromatic carbocycles. The fraction of sp³-hybridized carbons (Fsp3) is 0.400. The molecule has 1 aliphatic rings. The molecule has 0 amide bonds. The molecule has 94 valence electrons. The average molecular weight is 242 g/mol. The van der Waals surface area contributed by atoms with Crippen molar-refractivity contribution in [2.24, 2.45) is 5.41 Å². The molecular weight excluding hydrogens is 224 g/mol. The molecule has 0 radical (unpaired) electrons. The van der Waals surface area contributed by atoms with E-state index in [1.165, 1.54) is 18.2 Å². The highest BCUT2D eigenvalue weighted by Gasteiger charge is 2.36. The van der Waals surface area contributed by atoms with Gasteiger partial charge in [-0.15, -0.1) is 0 Å². The summed E-state index contributed by atoms with van der Waals surface area (Å²) in [4.78, 5) is 4.45. The Balaban J connectivity index is 1.94. The maximum Gasteiger partial charge on any atom is 0.133 e. The van der Waals surface area contributed by atoms with Crippen molar-refractivity contribution in [3.05, 3.63) is 30.5 Å². The number of nitrogens with one attached hydrogen (secondary N) is 1. The summed E-state index contributed by atoms with van der Waals surface area (Å²) in [6, 6.07) is 8.12. The summed E-state index contributed by atoms with van der Waals surface area (Å²) >= 11 is 0. The number of fused-ring (bicyclic) bond motifs is 1. The second-order valence-electron chi connectivity index (χ2n) is 5.41. The molecule has 0 spiro atoms. The van der Waals surface area contributed by atoms with Crippen molar-refractivity contribution in [1.29, 1.82) is 0 Å². The maximum absolute atomic E-state index is 5.28. The van der Waals surface area contributed by atoms with Gasteiger partial charge in [0.15, 0.2) is 0 Å². The Morgan fingerprint density at radius 3 is 2.89 bits per heavy atom. The number of aromatic nitrogens is 1. The van der Waals surface area contributed by atoms with E-state index in [1.807, 2.05) is 24.4 Å². The van der Waals surface area contributed by atoms with Gasteiger partial charge in [0.2, 0.25) is 0 Å². The van der Waals surface area contributed by atoms with Crippen molar-refractivity contribution in [2.45, 2.75) is 19.8 Å². The van der Waals surface area contributed by atoms with Crippen LogP contribution in [-0.2, 0) is 0 Å². The number of benzene rings is 1. The maximum atomic E-state index is 5.28. The van der Waals surface area contributed by atoms with Crippen LogP contribution in [0.3, 0.4) is 0 Å². The Kier molecular flexibility index (Phi) is 2.62. The van der Waals surface area contributed by atoms with Gasteiger partial charge in [-0.05, 0) is 41.8 Å². The molecule has 3 rings (SSSR count). The molecule has 0 bridgehead atoms.